The van der Waals surface area contributed by atoms with Crippen LogP contribution in [0.4, 0.5) is 23.2 Å². The summed E-state index contributed by atoms with van der Waals surface area (Å²) in [6, 6.07) is 4.44. The molecule has 1 amide bonds. The van der Waals surface area contributed by atoms with Gasteiger partial charge in [0.05, 0.1) is 5.69 Å². The molecule has 2 rings (SSSR count). The van der Waals surface area contributed by atoms with Crippen LogP contribution >= 0.6 is 11.6 Å². The summed E-state index contributed by atoms with van der Waals surface area (Å²) in [5.74, 6) is -6.48. The van der Waals surface area contributed by atoms with E-state index in [1.54, 1.807) is 0 Å². The molecule has 0 saturated carbocycles. The fourth-order valence-corrected chi connectivity index (χ4v) is 1.65. The normalized spacial score (nSPS) is 10.4. The van der Waals surface area contributed by atoms with Gasteiger partial charge in [0.25, 0.3) is 5.91 Å². The van der Waals surface area contributed by atoms with Crippen molar-refractivity contribution in [2.75, 3.05) is 5.32 Å². The van der Waals surface area contributed by atoms with Crippen LogP contribution < -0.4 is 5.32 Å². The Bertz CT molecular complexity index is 667. The molecule has 0 spiro atoms. The lowest BCUT2D eigenvalue weighted by Crippen LogP contribution is -2.14. The Morgan fingerprint density at radius 2 is 1.55 bits per heavy atom. The molecule has 104 valence electrons. The monoisotopic (exact) mass is 303 g/mol. The van der Waals surface area contributed by atoms with Crippen molar-refractivity contribution in [3.63, 3.8) is 0 Å². The van der Waals surface area contributed by atoms with E-state index in [0.29, 0.717) is 12.1 Å². The van der Waals surface area contributed by atoms with Crippen LogP contribution in [0.5, 0.6) is 0 Å². The van der Waals surface area contributed by atoms with Gasteiger partial charge in [-0.1, -0.05) is 11.6 Å². The number of hydrogen-bond acceptors (Lipinski definition) is 1. The number of carbonyl (C=O) groups excluding carboxylic acids is 1. The first kappa shape index (κ1) is 14.3. The summed E-state index contributed by atoms with van der Waals surface area (Å²) in [5.41, 5.74) is -0.742. The first-order chi connectivity index (χ1) is 9.38. The van der Waals surface area contributed by atoms with E-state index < -0.39 is 34.7 Å². The van der Waals surface area contributed by atoms with Crippen LogP contribution in [0.1, 0.15) is 10.4 Å². The van der Waals surface area contributed by atoms with E-state index >= 15 is 0 Å². The fourth-order valence-electron chi connectivity index (χ4n) is 1.47. The first-order valence-electron chi connectivity index (χ1n) is 5.29. The number of rotatable bonds is 2. The first-order valence-corrected chi connectivity index (χ1v) is 5.67. The minimum Gasteiger partial charge on any atom is -0.319 e. The minimum absolute atomic E-state index is 0.165. The molecule has 0 aliphatic rings. The van der Waals surface area contributed by atoms with Gasteiger partial charge in [-0.25, -0.2) is 17.6 Å². The van der Waals surface area contributed by atoms with Crippen molar-refractivity contribution in [3.8, 4) is 0 Å². The topological polar surface area (TPSA) is 29.1 Å². The van der Waals surface area contributed by atoms with E-state index in [1.165, 1.54) is 6.07 Å². The molecule has 2 aromatic carbocycles. The van der Waals surface area contributed by atoms with E-state index in [1.807, 2.05) is 0 Å². The standard InChI is InChI=1S/C13H6ClF4NO/c14-7-1-2-8(15)11(5-7)19-13(20)6-3-9(16)12(18)10(17)4-6/h1-5H,(H,19,20). The maximum Gasteiger partial charge on any atom is 0.255 e. The fraction of sp³-hybridized carbons (Fsp3) is 0. The highest BCUT2D eigenvalue weighted by Gasteiger charge is 2.16. The Hall–Kier alpha value is -2.08. The molecule has 0 bridgehead atoms. The van der Waals surface area contributed by atoms with Gasteiger partial charge in [-0.3, -0.25) is 4.79 Å². The Labute approximate surface area is 116 Å². The van der Waals surface area contributed by atoms with E-state index in [9.17, 15) is 22.4 Å². The van der Waals surface area contributed by atoms with Crippen LogP contribution in [-0.2, 0) is 0 Å². The number of anilines is 1. The van der Waals surface area contributed by atoms with Gasteiger partial charge in [0.15, 0.2) is 17.5 Å². The zero-order chi connectivity index (χ0) is 14.9. The van der Waals surface area contributed by atoms with Crippen LogP contribution in [0.3, 0.4) is 0 Å². The maximum absolute atomic E-state index is 13.4. The number of carbonyl (C=O) groups is 1. The minimum atomic E-state index is -1.68. The number of halogens is 5. The predicted molar refractivity (Wildman–Crippen MR) is 65.7 cm³/mol. The molecule has 1 N–H and O–H groups in total. The molecule has 2 nitrogen and oxygen atoms in total. The van der Waals surface area contributed by atoms with Gasteiger partial charge in [0.2, 0.25) is 0 Å². The molecule has 0 heterocycles. The predicted octanol–water partition coefficient (Wildman–Crippen LogP) is 4.15. The van der Waals surface area contributed by atoms with Crippen molar-refractivity contribution in [1.82, 2.24) is 0 Å². The van der Waals surface area contributed by atoms with Gasteiger partial charge in [0, 0.05) is 10.6 Å². The Morgan fingerprint density at radius 3 is 2.15 bits per heavy atom. The average Bonchev–Trinajstić information content (AvgIpc) is 2.39. The summed E-state index contributed by atoms with van der Waals surface area (Å²) in [5, 5.41) is 2.25. The Morgan fingerprint density at radius 1 is 0.950 bits per heavy atom. The third-order valence-corrected chi connectivity index (χ3v) is 2.66. The van der Waals surface area contributed by atoms with Gasteiger partial charge in [0.1, 0.15) is 5.82 Å². The molecule has 7 heteroatoms. The highest BCUT2D eigenvalue weighted by Crippen LogP contribution is 2.21. The van der Waals surface area contributed by atoms with Crippen molar-refractivity contribution in [1.29, 1.82) is 0 Å². The van der Waals surface area contributed by atoms with E-state index in [4.69, 9.17) is 11.6 Å². The molecule has 20 heavy (non-hydrogen) atoms. The maximum atomic E-state index is 13.4. The molecule has 0 unspecified atom stereocenters. The lowest BCUT2D eigenvalue weighted by atomic mass is 10.2. The Balaban J connectivity index is 2.31. The van der Waals surface area contributed by atoms with Crippen molar-refractivity contribution in [2.24, 2.45) is 0 Å². The summed E-state index contributed by atoms with van der Waals surface area (Å²) in [7, 11) is 0. The second kappa shape index (κ2) is 5.50. The van der Waals surface area contributed by atoms with Crippen LogP contribution in [0.25, 0.3) is 0 Å². The van der Waals surface area contributed by atoms with E-state index in [0.717, 1.165) is 12.1 Å². The molecular formula is C13H6ClF4NO. The summed E-state index contributed by atoms with van der Waals surface area (Å²) < 4.78 is 52.1. The van der Waals surface area contributed by atoms with Gasteiger partial charge in [-0.15, -0.1) is 0 Å². The van der Waals surface area contributed by atoms with E-state index in [-0.39, 0.29) is 10.7 Å². The van der Waals surface area contributed by atoms with E-state index in [2.05, 4.69) is 5.32 Å². The molecule has 2 aromatic rings. The van der Waals surface area contributed by atoms with Gasteiger partial charge in [-0.05, 0) is 30.3 Å². The van der Waals surface area contributed by atoms with Gasteiger partial charge < -0.3 is 5.32 Å². The second-order valence-electron chi connectivity index (χ2n) is 3.83. The van der Waals surface area contributed by atoms with Gasteiger partial charge >= 0.3 is 0 Å². The second-order valence-corrected chi connectivity index (χ2v) is 4.27. The molecule has 0 aliphatic carbocycles. The largest absolute Gasteiger partial charge is 0.319 e. The third-order valence-electron chi connectivity index (χ3n) is 2.42. The lowest BCUT2D eigenvalue weighted by Gasteiger charge is -2.07. The van der Waals surface area contributed by atoms with Crippen LogP contribution in [0.2, 0.25) is 5.02 Å². The molecule has 0 aliphatic heterocycles. The van der Waals surface area contributed by atoms with Crippen molar-refractivity contribution in [2.45, 2.75) is 0 Å². The molecule has 0 fully saturated rings. The summed E-state index contributed by atoms with van der Waals surface area (Å²) >= 11 is 5.63. The Kier molecular flexibility index (Phi) is 3.94. The van der Waals surface area contributed by atoms with Gasteiger partial charge in [-0.2, -0.15) is 0 Å². The average molecular weight is 304 g/mol. The lowest BCUT2D eigenvalue weighted by molar-refractivity contribution is 0.102. The molecule has 0 aromatic heterocycles. The van der Waals surface area contributed by atoms with Crippen LogP contribution in [-0.4, -0.2) is 5.91 Å². The number of benzene rings is 2. The van der Waals surface area contributed by atoms with Crippen LogP contribution in [0, 0.1) is 23.3 Å². The van der Waals surface area contributed by atoms with Crippen molar-refractivity contribution < 1.29 is 22.4 Å². The zero-order valence-electron chi connectivity index (χ0n) is 9.68. The molecule has 0 radical (unpaired) electrons. The summed E-state index contributed by atoms with van der Waals surface area (Å²) in [4.78, 5) is 11.7. The number of amides is 1. The van der Waals surface area contributed by atoms with Crippen molar-refractivity contribution in [3.05, 3.63) is 64.2 Å². The molecular weight excluding hydrogens is 298 g/mol. The molecule has 0 saturated heterocycles. The summed E-state index contributed by atoms with van der Waals surface area (Å²) in [6.07, 6.45) is 0. The smallest absolute Gasteiger partial charge is 0.255 e. The third kappa shape index (κ3) is 2.91. The zero-order valence-corrected chi connectivity index (χ0v) is 10.4. The van der Waals surface area contributed by atoms with Crippen LogP contribution in [0.15, 0.2) is 30.3 Å². The molecule has 0 atom stereocenters. The number of hydrogen-bond donors (Lipinski definition) is 1. The number of nitrogens with one attached hydrogen (secondary N) is 1. The highest BCUT2D eigenvalue weighted by atomic mass is 35.5. The highest BCUT2D eigenvalue weighted by molar-refractivity contribution is 6.31. The summed E-state index contributed by atoms with van der Waals surface area (Å²) in [6.45, 7) is 0. The quantitative estimate of drug-likeness (QED) is 0.655. The van der Waals surface area contributed by atoms with Crippen molar-refractivity contribution >= 4 is 23.2 Å². The SMILES string of the molecule is O=C(Nc1cc(Cl)ccc1F)c1cc(F)c(F)c(F)c1.